The monoisotopic (exact) mass is 266 g/mol. The molecule has 1 N–H and O–H groups in total. The number of pyridine rings is 1. The van der Waals surface area contributed by atoms with E-state index in [1.807, 2.05) is 0 Å². The minimum atomic E-state index is 0.300. The van der Waals surface area contributed by atoms with Crippen molar-refractivity contribution in [1.82, 2.24) is 9.88 Å². The number of aliphatic hydroxyl groups is 1. The van der Waals surface area contributed by atoms with Gasteiger partial charge in [-0.25, -0.2) is 0 Å². The van der Waals surface area contributed by atoms with Crippen LogP contribution in [-0.2, 0) is 6.54 Å². The highest BCUT2D eigenvalue weighted by Gasteiger charge is 2.21. The first-order valence-electron chi connectivity index (χ1n) is 6.67. The quantitative estimate of drug-likeness (QED) is 0.870. The molecule has 5 nitrogen and oxygen atoms in total. The number of hydrogen-bond donors (Lipinski definition) is 1. The number of rotatable bonds is 5. The fourth-order valence-electron chi connectivity index (χ4n) is 2.50. The van der Waals surface area contributed by atoms with Crippen molar-refractivity contribution in [2.24, 2.45) is 5.92 Å². The van der Waals surface area contributed by atoms with Crippen LogP contribution in [0, 0.1) is 5.92 Å². The van der Waals surface area contributed by atoms with Gasteiger partial charge in [-0.15, -0.1) is 0 Å². The van der Waals surface area contributed by atoms with Crippen LogP contribution in [-0.4, -0.2) is 48.9 Å². The minimum absolute atomic E-state index is 0.300. The number of aromatic nitrogens is 1. The average molecular weight is 266 g/mol. The Labute approximate surface area is 114 Å². The van der Waals surface area contributed by atoms with Crippen LogP contribution >= 0.6 is 0 Å². The minimum Gasteiger partial charge on any atom is -0.493 e. The van der Waals surface area contributed by atoms with Crippen LogP contribution in [0.3, 0.4) is 0 Å². The zero-order chi connectivity index (χ0) is 13.7. The van der Waals surface area contributed by atoms with E-state index in [9.17, 15) is 0 Å². The molecule has 1 fully saturated rings. The Morgan fingerprint density at radius 2 is 2.05 bits per heavy atom. The van der Waals surface area contributed by atoms with E-state index in [0.29, 0.717) is 18.3 Å². The molecule has 2 rings (SSSR count). The molecule has 0 spiro atoms. The Bertz CT molecular complexity index is 404. The van der Waals surface area contributed by atoms with Gasteiger partial charge in [-0.1, -0.05) is 0 Å². The fraction of sp³-hybridized carbons (Fsp3) is 0.643. The smallest absolute Gasteiger partial charge is 0.183 e. The summed E-state index contributed by atoms with van der Waals surface area (Å²) < 4.78 is 10.7. The van der Waals surface area contributed by atoms with Gasteiger partial charge in [0.1, 0.15) is 5.69 Å². The standard InChI is InChI=1S/C14H22N2O3/c1-18-13-3-6-15-12(14(13)19-2)9-16-7-4-11(10-17)5-8-16/h3,6,11,17H,4-5,7-10H2,1-2H3. The molecule has 2 heterocycles. The Balaban J connectivity index is 2.03. The first-order valence-corrected chi connectivity index (χ1v) is 6.67. The molecule has 0 radical (unpaired) electrons. The lowest BCUT2D eigenvalue weighted by molar-refractivity contribution is 0.125. The number of piperidine rings is 1. The fourth-order valence-corrected chi connectivity index (χ4v) is 2.50. The summed E-state index contributed by atoms with van der Waals surface area (Å²) in [6.07, 6.45) is 3.84. The molecule has 0 unspecified atom stereocenters. The molecule has 0 bridgehead atoms. The molecule has 19 heavy (non-hydrogen) atoms. The Morgan fingerprint density at radius 3 is 2.63 bits per heavy atom. The van der Waals surface area contributed by atoms with Crippen LogP contribution in [0.2, 0.25) is 0 Å². The molecule has 1 saturated heterocycles. The summed E-state index contributed by atoms with van der Waals surface area (Å²) in [6, 6.07) is 1.81. The number of methoxy groups -OCH3 is 2. The molecule has 0 atom stereocenters. The maximum atomic E-state index is 9.15. The molecule has 106 valence electrons. The van der Waals surface area contributed by atoms with E-state index in [1.165, 1.54) is 0 Å². The van der Waals surface area contributed by atoms with Crippen molar-refractivity contribution < 1.29 is 14.6 Å². The molecule has 1 aliphatic rings. The molecule has 0 aromatic carbocycles. The Morgan fingerprint density at radius 1 is 1.32 bits per heavy atom. The molecule has 0 saturated carbocycles. The maximum Gasteiger partial charge on any atom is 0.183 e. The second-order valence-corrected chi connectivity index (χ2v) is 4.90. The second-order valence-electron chi connectivity index (χ2n) is 4.90. The highest BCUT2D eigenvalue weighted by molar-refractivity contribution is 5.42. The lowest BCUT2D eigenvalue weighted by atomic mass is 9.98. The summed E-state index contributed by atoms with van der Waals surface area (Å²) in [6.45, 7) is 3.05. The van der Waals surface area contributed by atoms with E-state index in [4.69, 9.17) is 14.6 Å². The number of likely N-dealkylation sites (tertiary alicyclic amines) is 1. The lowest BCUT2D eigenvalue weighted by Gasteiger charge is -2.31. The zero-order valence-electron chi connectivity index (χ0n) is 11.6. The third-order valence-electron chi connectivity index (χ3n) is 3.70. The van der Waals surface area contributed by atoms with Gasteiger partial charge in [0.25, 0.3) is 0 Å². The van der Waals surface area contributed by atoms with Gasteiger partial charge in [-0.2, -0.15) is 0 Å². The molecule has 1 aromatic rings. The lowest BCUT2D eigenvalue weighted by Crippen LogP contribution is -2.34. The third-order valence-corrected chi connectivity index (χ3v) is 3.70. The Kier molecular flexibility index (Phi) is 4.99. The summed E-state index contributed by atoms with van der Waals surface area (Å²) in [5.74, 6) is 1.89. The molecule has 1 aromatic heterocycles. The van der Waals surface area contributed by atoms with Crippen LogP contribution in [0.4, 0.5) is 0 Å². The average Bonchev–Trinajstić information content (AvgIpc) is 2.47. The van der Waals surface area contributed by atoms with Crippen molar-refractivity contribution in [1.29, 1.82) is 0 Å². The predicted molar refractivity (Wildman–Crippen MR) is 72.4 cm³/mol. The topological polar surface area (TPSA) is 54.8 Å². The SMILES string of the molecule is COc1ccnc(CN2CCC(CO)CC2)c1OC. The molecule has 0 aliphatic carbocycles. The van der Waals surface area contributed by atoms with Gasteiger partial charge in [0.15, 0.2) is 11.5 Å². The van der Waals surface area contributed by atoms with E-state index in [2.05, 4.69) is 9.88 Å². The van der Waals surface area contributed by atoms with Gasteiger partial charge in [0, 0.05) is 25.4 Å². The molecular weight excluding hydrogens is 244 g/mol. The first kappa shape index (κ1) is 14.1. The van der Waals surface area contributed by atoms with Gasteiger partial charge < -0.3 is 14.6 Å². The second kappa shape index (κ2) is 6.73. The summed E-state index contributed by atoms with van der Waals surface area (Å²) >= 11 is 0. The van der Waals surface area contributed by atoms with E-state index >= 15 is 0 Å². The van der Waals surface area contributed by atoms with Crippen molar-refractivity contribution in [2.75, 3.05) is 33.9 Å². The van der Waals surface area contributed by atoms with Gasteiger partial charge in [0.05, 0.1) is 14.2 Å². The normalized spacial score (nSPS) is 17.4. The first-order chi connectivity index (χ1) is 9.28. The highest BCUT2D eigenvalue weighted by atomic mass is 16.5. The number of ether oxygens (including phenoxy) is 2. The third kappa shape index (κ3) is 3.36. The molecule has 5 heteroatoms. The number of nitrogens with zero attached hydrogens (tertiary/aromatic N) is 2. The molecular formula is C14H22N2O3. The van der Waals surface area contributed by atoms with E-state index in [1.54, 1.807) is 26.5 Å². The summed E-state index contributed by atoms with van der Waals surface area (Å²) in [5.41, 5.74) is 0.907. The van der Waals surface area contributed by atoms with Crippen LogP contribution in [0.15, 0.2) is 12.3 Å². The van der Waals surface area contributed by atoms with Crippen LogP contribution < -0.4 is 9.47 Å². The van der Waals surface area contributed by atoms with E-state index < -0.39 is 0 Å². The van der Waals surface area contributed by atoms with Crippen LogP contribution in [0.1, 0.15) is 18.5 Å². The van der Waals surface area contributed by atoms with Gasteiger partial charge in [-0.3, -0.25) is 9.88 Å². The largest absolute Gasteiger partial charge is 0.493 e. The van der Waals surface area contributed by atoms with Gasteiger partial charge >= 0.3 is 0 Å². The summed E-state index contributed by atoms with van der Waals surface area (Å²) in [5, 5.41) is 9.15. The summed E-state index contributed by atoms with van der Waals surface area (Å²) in [7, 11) is 3.27. The van der Waals surface area contributed by atoms with E-state index in [0.717, 1.165) is 43.9 Å². The van der Waals surface area contributed by atoms with Crippen molar-refractivity contribution in [2.45, 2.75) is 19.4 Å². The predicted octanol–water partition coefficient (Wildman–Crippen LogP) is 1.30. The van der Waals surface area contributed by atoms with Crippen molar-refractivity contribution in [3.05, 3.63) is 18.0 Å². The number of aliphatic hydroxyl groups excluding tert-OH is 1. The molecule has 1 aliphatic heterocycles. The summed E-state index contributed by atoms with van der Waals surface area (Å²) in [4.78, 5) is 6.74. The van der Waals surface area contributed by atoms with Crippen molar-refractivity contribution >= 4 is 0 Å². The zero-order valence-corrected chi connectivity index (χ0v) is 11.6. The van der Waals surface area contributed by atoms with Crippen molar-refractivity contribution in [3.8, 4) is 11.5 Å². The Hall–Kier alpha value is -1.33. The van der Waals surface area contributed by atoms with Gasteiger partial charge in [0.2, 0.25) is 0 Å². The molecule has 0 amide bonds. The number of hydrogen-bond acceptors (Lipinski definition) is 5. The van der Waals surface area contributed by atoms with Crippen molar-refractivity contribution in [3.63, 3.8) is 0 Å². The highest BCUT2D eigenvalue weighted by Crippen LogP contribution is 2.30. The van der Waals surface area contributed by atoms with Crippen LogP contribution in [0.5, 0.6) is 11.5 Å². The van der Waals surface area contributed by atoms with Gasteiger partial charge in [-0.05, 0) is 31.8 Å². The maximum absolute atomic E-state index is 9.15. The van der Waals surface area contributed by atoms with E-state index in [-0.39, 0.29) is 0 Å². The van der Waals surface area contributed by atoms with Crippen LogP contribution in [0.25, 0.3) is 0 Å².